The van der Waals surface area contributed by atoms with E-state index in [4.69, 9.17) is 15.9 Å². The van der Waals surface area contributed by atoms with Gasteiger partial charge in [0.25, 0.3) is 0 Å². The molecule has 1 aliphatic rings. The van der Waals surface area contributed by atoms with E-state index in [0.29, 0.717) is 32.7 Å². The van der Waals surface area contributed by atoms with Gasteiger partial charge in [0.05, 0.1) is 6.61 Å². The maximum atomic E-state index is 11.7. The number of carboxylic acid groups (broad SMARTS) is 1. The van der Waals surface area contributed by atoms with Gasteiger partial charge in [-0.1, -0.05) is 0 Å². The van der Waals surface area contributed by atoms with Gasteiger partial charge < -0.3 is 26.2 Å². The number of nitrogens with one attached hydrogen (secondary N) is 1. The first-order valence-corrected chi connectivity index (χ1v) is 5.89. The van der Waals surface area contributed by atoms with Gasteiger partial charge in [0.1, 0.15) is 6.04 Å². The van der Waals surface area contributed by atoms with E-state index in [9.17, 15) is 9.59 Å². The summed E-state index contributed by atoms with van der Waals surface area (Å²) in [6.07, 6.45) is 0. The van der Waals surface area contributed by atoms with Crippen LogP contribution in [0.2, 0.25) is 0 Å². The molecule has 8 nitrogen and oxygen atoms in total. The molecule has 0 aromatic carbocycles. The summed E-state index contributed by atoms with van der Waals surface area (Å²) in [5.74, 6) is -1.14. The number of nitrogens with zero attached hydrogens (tertiary/aromatic N) is 2. The Bertz CT molecular complexity index is 292. The van der Waals surface area contributed by atoms with Crippen molar-refractivity contribution in [2.24, 2.45) is 5.73 Å². The minimum atomic E-state index is -1.14. The third-order valence-electron chi connectivity index (χ3n) is 2.87. The first-order valence-electron chi connectivity index (χ1n) is 5.89. The fourth-order valence-corrected chi connectivity index (χ4v) is 1.71. The van der Waals surface area contributed by atoms with Crippen molar-refractivity contribution >= 4 is 12.0 Å². The van der Waals surface area contributed by atoms with Gasteiger partial charge in [0, 0.05) is 39.3 Å². The van der Waals surface area contributed by atoms with Crippen LogP contribution < -0.4 is 11.1 Å². The summed E-state index contributed by atoms with van der Waals surface area (Å²) in [4.78, 5) is 25.8. The average molecular weight is 260 g/mol. The molecule has 1 rings (SSSR count). The summed E-state index contributed by atoms with van der Waals surface area (Å²) >= 11 is 0. The molecule has 1 saturated heterocycles. The Morgan fingerprint density at radius 2 is 1.89 bits per heavy atom. The molecule has 0 radical (unpaired) electrons. The second kappa shape index (κ2) is 7.14. The number of hydrogen-bond donors (Lipinski definition) is 4. The number of rotatable bonds is 5. The molecule has 1 unspecified atom stereocenters. The summed E-state index contributed by atoms with van der Waals surface area (Å²) in [5.41, 5.74) is 5.29. The van der Waals surface area contributed by atoms with Crippen LogP contribution in [-0.4, -0.2) is 83.9 Å². The van der Waals surface area contributed by atoms with Crippen LogP contribution in [0.4, 0.5) is 4.79 Å². The molecule has 0 aromatic rings. The SMILES string of the molecule is NC(CNC(=O)N1CCN(CCO)CC1)C(=O)O. The molecule has 0 saturated carbocycles. The van der Waals surface area contributed by atoms with E-state index in [1.54, 1.807) is 4.90 Å². The largest absolute Gasteiger partial charge is 0.480 e. The zero-order valence-electron chi connectivity index (χ0n) is 10.2. The van der Waals surface area contributed by atoms with Crippen LogP contribution in [-0.2, 0) is 4.79 Å². The zero-order valence-corrected chi connectivity index (χ0v) is 10.2. The Balaban J connectivity index is 2.25. The number of hydrogen-bond acceptors (Lipinski definition) is 5. The number of piperazine rings is 1. The van der Waals surface area contributed by atoms with Crippen LogP contribution in [0.3, 0.4) is 0 Å². The molecule has 1 aliphatic heterocycles. The van der Waals surface area contributed by atoms with Crippen molar-refractivity contribution in [2.75, 3.05) is 45.9 Å². The van der Waals surface area contributed by atoms with Gasteiger partial charge in [-0.05, 0) is 0 Å². The highest BCUT2D eigenvalue weighted by molar-refractivity contribution is 5.77. The number of aliphatic hydroxyl groups excluding tert-OH is 1. The number of β-amino-alcohol motifs (C(OH)–C–C–N with tert-alkyl or cyclic N) is 1. The average Bonchev–Trinajstić information content (AvgIpc) is 2.36. The molecule has 5 N–H and O–H groups in total. The second-order valence-corrected chi connectivity index (χ2v) is 4.18. The Hall–Kier alpha value is -1.38. The molecular weight excluding hydrogens is 240 g/mol. The van der Waals surface area contributed by atoms with E-state index in [-0.39, 0.29) is 19.2 Å². The molecule has 1 atom stereocenters. The quantitative estimate of drug-likeness (QED) is 0.442. The van der Waals surface area contributed by atoms with E-state index in [0.717, 1.165) is 0 Å². The lowest BCUT2D eigenvalue weighted by molar-refractivity contribution is -0.138. The lowest BCUT2D eigenvalue weighted by atomic mass is 10.3. The standard InChI is InChI=1S/C10H20N4O4/c11-8(9(16)17)7-12-10(18)14-3-1-13(2-4-14)5-6-15/h8,15H,1-7,11H2,(H,12,18)(H,16,17). The van der Waals surface area contributed by atoms with E-state index < -0.39 is 12.0 Å². The maximum Gasteiger partial charge on any atom is 0.322 e. The Labute approximate surface area is 105 Å². The molecule has 104 valence electrons. The van der Waals surface area contributed by atoms with Gasteiger partial charge in [-0.3, -0.25) is 9.69 Å². The predicted octanol–water partition coefficient (Wildman–Crippen LogP) is -2.28. The monoisotopic (exact) mass is 260 g/mol. The molecule has 0 spiro atoms. The minimum absolute atomic E-state index is 0.0784. The highest BCUT2D eigenvalue weighted by atomic mass is 16.4. The summed E-state index contributed by atoms with van der Waals surface area (Å²) < 4.78 is 0. The molecule has 0 aromatic heterocycles. The van der Waals surface area contributed by atoms with Crippen molar-refractivity contribution in [1.29, 1.82) is 0 Å². The summed E-state index contributed by atoms with van der Waals surface area (Å²) in [6.45, 7) is 3.18. The number of carbonyl (C=O) groups excluding carboxylic acids is 1. The molecule has 1 fully saturated rings. The smallest absolute Gasteiger partial charge is 0.322 e. The van der Waals surface area contributed by atoms with Crippen LogP contribution >= 0.6 is 0 Å². The summed E-state index contributed by atoms with van der Waals surface area (Å²) in [5, 5.41) is 19.9. The molecule has 0 bridgehead atoms. The van der Waals surface area contributed by atoms with Gasteiger partial charge in [-0.25, -0.2) is 4.79 Å². The number of carboxylic acids is 1. The molecule has 18 heavy (non-hydrogen) atoms. The number of carbonyl (C=O) groups is 2. The van der Waals surface area contributed by atoms with Crippen molar-refractivity contribution in [3.05, 3.63) is 0 Å². The van der Waals surface area contributed by atoms with Crippen LogP contribution in [0.15, 0.2) is 0 Å². The number of amides is 2. The molecule has 8 heteroatoms. The minimum Gasteiger partial charge on any atom is -0.480 e. The maximum absolute atomic E-state index is 11.7. The zero-order chi connectivity index (χ0) is 13.5. The van der Waals surface area contributed by atoms with Crippen LogP contribution in [0.5, 0.6) is 0 Å². The van der Waals surface area contributed by atoms with Crippen molar-refractivity contribution in [3.63, 3.8) is 0 Å². The van der Waals surface area contributed by atoms with Crippen LogP contribution in [0.25, 0.3) is 0 Å². The van der Waals surface area contributed by atoms with Gasteiger partial charge in [-0.15, -0.1) is 0 Å². The summed E-state index contributed by atoms with van der Waals surface area (Å²) in [7, 11) is 0. The fourth-order valence-electron chi connectivity index (χ4n) is 1.71. The van der Waals surface area contributed by atoms with Gasteiger partial charge in [0.2, 0.25) is 0 Å². The first kappa shape index (κ1) is 14.7. The number of aliphatic carboxylic acids is 1. The first-order chi connectivity index (χ1) is 8.54. The van der Waals surface area contributed by atoms with E-state index >= 15 is 0 Å². The van der Waals surface area contributed by atoms with Gasteiger partial charge in [-0.2, -0.15) is 0 Å². The third-order valence-corrected chi connectivity index (χ3v) is 2.87. The molecule has 2 amide bonds. The Morgan fingerprint density at radius 3 is 2.39 bits per heavy atom. The molecular formula is C10H20N4O4. The predicted molar refractivity (Wildman–Crippen MR) is 64.1 cm³/mol. The lowest BCUT2D eigenvalue weighted by Gasteiger charge is -2.34. The number of urea groups is 1. The second-order valence-electron chi connectivity index (χ2n) is 4.18. The number of aliphatic hydroxyl groups is 1. The van der Waals surface area contributed by atoms with Crippen molar-refractivity contribution < 1.29 is 19.8 Å². The topological polar surface area (TPSA) is 119 Å². The van der Waals surface area contributed by atoms with Gasteiger partial charge >= 0.3 is 12.0 Å². The van der Waals surface area contributed by atoms with Crippen LogP contribution in [0.1, 0.15) is 0 Å². The number of nitrogens with two attached hydrogens (primary N) is 1. The van der Waals surface area contributed by atoms with Crippen molar-refractivity contribution in [1.82, 2.24) is 15.1 Å². The van der Waals surface area contributed by atoms with Gasteiger partial charge in [0.15, 0.2) is 0 Å². The normalized spacial score (nSPS) is 18.4. The Morgan fingerprint density at radius 1 is 1.28 bits per heavy atom. The van der Waals surface area contributed by atoms with E-state index in [2.05, 4.69) is 10.2 Å². The van der Waals surface area contributed by atoms with Crippen LogP contribution in [0, 0.1) is 0 Å². The van der Waals surface area contributed by atoms with E-state index in [1.165, 1.54) is 0 Å². The lowest BCUT2D eigenvalue weighted by Crippen LogP contribution is -2.54. The third kappa shape index (κ3) is 4.47. The van der Waals surface area contributed by atoms with Crippen molar-refractivity contribution in [2.45, 2.75) is 6.04 Å². The molecule has 1 heterocycles. The van der Waals surface area contributed by atoms with E-state index in [1.807, 2.05) is 0 Å². The summed E-state index contributed by atoms with van der Waals surface area (Å²) in [6, 6.07) is -1.38. The molecule has 0 aliphatic carbocycles. The highest BCUT2D eigenvalue weighted by Crippen LogP contribution is 2.01. The Kier molecular flexibility index (Phi) is 5.83. The highest BCUT2D eigenvalue weighted by Gasteiger charge is 2.21. The van der Waals surface area contributed by atoms with Crippen molar-refractivity contribution in [3.8, 4) is 0 Å². The fraction of sp³-hybridized carbons (Fsp3) is 0.800.